The lowest BCUT2D eigenvalue weighted by Gasteiger charge is -2.26. The molecule has 0 unspecified atom stereocenters. The lowest BCUT2D eigenvalue weighted by molar-refractivity contribution is 0.660. The summed E-state index contributed by atoms with van der Waals surface area (Å²) in [6, 6.07) is 46.6. The summed E-state index contributed by atoms with van der Waals surface area (Å²) in [5.74, 6) is 1.77. The molecule has 0 atom stereocenters. The predicted molar refractivity (Wildman–Crippen MR) is 169 cm³/mol. The van der Waals surface area contributed by atoms with Crippen molar-refractivity contribution in [2.75, 3.05) is 9.80 Å². The van der Waals surface area contributed by atoms with Crippen molar-refractivity contribution in [3.63, 3.8) is 0 Å². The fraction of sp³-hybridized carbons (Fsp3) is 0.0811. The summed E-state index contributed by atoms with van der Waals surface area (Å²) in [5, 5.41) is 0. The average molecular weight is 531 g/mol. The Morgan fingerprint density at radius 2 is 0.854 bits per heavy atom. The summed E-state index contributed by atoms with van der Waals surface area (Å²) in [7, 11) is 0. The van der Waals surface area contributed by atoms with Gasteiger partial charge in [-0.25, -0.2) is 9.97 Å². The molecule has 7 rings (SSSR count). The Morgan fingerprint density at radius 3 is 1.24 bits per heavy atom. The normalized spacial score (nSPS) is 12.8. The van der Waals surface area contributed by atoms with Crippen molar-refractivity contribution in [2.24, 2.45) is 0 Å². The molecule has 2 heterocycles. The van der Waals surface area contributed by atoms with E-state index in [1.165, 1.54) is 22.3 Å². The van der Waals surface area contributed by atoms with Gasteiger partial charge in [0.05, 0.1) is 0 Å². The van der Waals surface area contributed by atoms with E-state index in [0.29, 0.717) is 0 Å². The highest BCUT2D eigenvalue weighted by Crippen LogP contribution is 2.52. The van der Waals surface area contributed by atoms with Gasteiger partial charge < -0.3 is 0 Å². The first kappa shape index (κ1) is 24.8. The number of fused-ring (bicyclic) bond motifs is 3. The molecular formula is C37H30N4. The molecule has 4 nitrogen and oxygen atoms in total. The maximum Gasteiger partial charge on any atom is 0.137 e. The molecule has 2 aromatic heterocycles. The molecule has 1 aliphatic carbocycles. The lowest BCUT2D eigenvalue weighted by Crippen LogP contribution is -2.16. The highest BCUT2D eigenvalue weighted by molar-refractivity contribution is 5.89. The Balaban J connectivity index is 1.40. The van der Waals surface area contributed by atoms with Gasteiger partial charge in [-0.2, -0.15) is 0 Å². The van der Waals surface area contributed by atoms with Gasteiger partial charge in [-0.1, -0.05) is 74.5 Å². The van der Waals surface area contributed by atoms with Gasteiger partial charge >= 0.3 is 0 Å². The second kappa shape index (κ2) is 10.1. The van der Waals surface area contributed by atoms with Crippen molar-refractivity contribution in [3.8, 4) is 11.1 Å². The van der Waals surface area contributed by atoms with Crippen LogP contribution in [0.4, 0.5) is 34.4 Å². The number of nitrogens with zero attached hydrogens (tertiary/aromatic N) is 4. The molecule has 0 spiro atoms. The molecule has 0 radical (unpaired) electrons. The van der Waals surface area contributed by atoms with Crippen LogP contribution in [0.2, 0.25) is 0 Å². The zero-order valence-corrected chi connectivity index (χ0v) is 23.1. The number of hydrogen-bond donors (Lipinski definition) is 0. The van der Waals surface area contributed by atoms with Gasteiger partial charge in [0, 0.05) is 40.6 Å². The Labute approximate surface area is 241 Å². The number of benzene rings is 4. The summed E-state index contributed by atoms with van der Waals surface area (Å²) in [4.78, 5) is 13.9. The van der Waals surface area contributed by atoms with Crippen molar-refractivity contribution in [1.29, 1.82) is 0 Å². The summed E-state index contributed by atoms with van der Waals surface area (Å²) in [5.41, 5.74) is 9.32. The molecule has 4 heteroatoms. The molecule has 41 heavy (non-hydrogen) atoms. The van der Waals surface area contributed by atoms with E-state index < -0.39 is 0 Å². The summed E-state index contributed by atoms with van der Waals surface area (Å²) < 4.78 is 0. The minimum absolute atomic E-state index is 0.118. The van der Waals surface area contributed by atoms with Crippen molar-refractivity contribution < 1.29 is 0 Å². The van der Waals surface area contributed by atoms with Crippen LogP contribution in [0.1, 0.15) is 25.0 Å². The third-order valence-corrected chi connectivity index (χ3v) is 7.95. The van der Waals surface area contributed by atoms with Gasteiger partial charge in [-0.15, -0.1) is 0 Å². The highest BCUT2D eigenvalue weighted by atomic mass is 15.2. The molecule has 0 N–H and O–H groups in total. The van der Waals surface area contributed by atoms with Crippen LogP contribution in [0.25, 0.3) is 11.1 Å². The van der Waals surface area contributed by atoms with Crippen LogP contribution in [0.3, 0.4) is 0 Å². The van der Waals surface area contributed by atoms with Crippen molar-refractivity contribution in [3.05, 3.63) is 157 Å². The molecule has 0 aliphatic heterocycles. The molecule has 0 bridgehead atoms. The smallest absolute Gasteiger partial charge is 0.137 e. The minimum atomic E-state index is -0.118. The third kappa shape index (κ3) is 4.34. The number of anilines is 6. The third-order valence-electron chi connectivity index (χ3n) is 7.95. The number of aromatic nitrogens is 2. The molecule has 6 aromatic rings. The van der Waals surface area contributed by atoms with Crippen molar-refractivity contribution >= 4 is 34.4 Å². The summed E-state index contributed by atoms with van der Waals surface area (Å²) >= 11 is 0. The zero-order valence-electron chi connectivity index (χ0n) is 23.1. The van der Waals surface area contributed by atoms with Gasteiger partial charge in [-0.3, -0.25) is 9.80 Å². The van der Waals surface area contributed by atoms with Crippen LogP contribution < -0.4 is 9.80 Å². The summed E-state index contributed by atoms with van der Waals surface area (Å²) in [6.45, 7) is 4.64. The molecule has 0 saturated carbocycles. The lowest BCUT2D eigenvalue weighted by atomic mass is 9.82. The quantitative estimate of drug-likeness (QED) is 0.215. The number of para-hydroxylation sites is 2. The first-order valence-corrected chi connectivity index (χ1v) is 13.9. The van der Waals surface area contributed by atoms with Crippen LogP contribution in [-0.2, 0) is 5.41 Å². The number of pyridine rings is 2. The topological polar surface area (TPSA) is 32.3 Å². The largest absolute Gasteiger partial charge is 0.295 e. The van der Waals surface area contributed by atoms with Gasteiger partial charge in [0.15, 0.2) is 0 Å². The number of rotatable bonds is 6. The standard InChI is InChI=1S/C37H30N4/c1-37(2)33-21-19-29(40(27-13-5-3-6-14-27)35-17-9-11-23-38-35)25-31(33)32-26-30(20-22-34(32)37)41(28-15-7-4-8-16-28)36-18-10-12-24-39-36/h3-26H,1-2H3. The molecule has 4 aromatic carbocycles. The monoisotopic (exact) mass is 530 g/mol. The van der Waals surface area contributed by atoms with Gasteiger partial charge in [0.1, 0.15) is 11.6 Å². The molecule has 1 aliphatic rings. The molecule has 198 valence electrons. The highest BCUT2D eigenvalue weighted by Gasteiger charge is 2.36. The van der Waals surface area contributed by atoms with E-state index in [0.717, 1.165) is 34.4 Å². The van der Waals surface area contributed by atoms with Crippen molar-refractivity contribution in [2.45, 2.75) is 19.3 Å². The van der Waals surface area contributed by atoms with E-state index in [2.05, 4.69) is 121 Å². The van der Waals surface area contributed by atoms with Gasteiger partial charge in [0.2, 0.25) is 0 Å². The van der Waals surface area contributed by atoms with Crippen LogP contribution in [0.15, 0.2) is 146 Å². The Kier molecular flexibility index (Phi) is 6.09. The molecule has 0 saturated heterocycles. The van der Waals surface area contributed by atoms with E-state index in [9.17, 15) is 0 Å². The first-order valence-electron chi connectivity index (χ1n) is 13.9. The van der Waals surface area contributed by atoms with Crippen LogP contribution >= 0.6 is 0 Å². The van der Waals surface area contributed by atoms with E-state index in [1.807, 2.05) is 48.8 Å². The minimum Gasteiger partial charge on any atom is -0.295 e. The first-order chi connectivity index (χ1) is 20.1. The molecule has 0 amide bonds. The maximum atomic E-state index is 4.72. The van der Waals surface area contributed by atoms with Crippen LogP contribution in [0, 0.1) is 0 Å². The SMILES string of the molecule is CC1(C)c2ccc(N(c3ccccc3)c3ccccn3)cc2-c2cc(N(c3ccccc3)c3ccccn3)ccc21. The Morgan fingerprint density at radius 1 is 0.439 bits per heavy atom. The van der Waals surface area contributed by atoms with Crippen LogP contribution in [-0.4, -0.2) is 9.97 Å². The zero-order chi connectivity index (χ0) is 27.8. The summed E-state index contributed by atoms with van der Waals surface area (Å²) in [6.07, 6.45) is 3.69. The van der Waals surface area contributed by atoms with E-state index in [1.54, 1.807) is 0 Å². The van der Waals surface area contributed by atoms with E-state index in [-0.39, 0.29) is 5.41 Å². The molecular weight excluding hydrogens is 500 g/mol. The predicted octanol–water partition coefficient (Wildman–Crippen LogP) is 9.72. The van der Waals surface area contributed by atoms with Gasteiger partial charge in [0.25, 0.3) is 0 Å². The molecule has 0 fully saturated rings. The van der Waals surface area contributed by atoms with E-state index in [4.69, 9.17) is 9.97 Å². The maximum absolute atomic E-state index is 4.72. The van der Waals surface area contributed by atoms with Gasteiger partial charge in [-0.05, 0) is 95.1 Å². The fourth-order valence-electron chi connectivity index (χ4n) is 5.98. The van der Waals surface area contributed by atoms with Crippen molar-refractivity contribution in [1.82, 2.24) is 9.97 Å². The Bertz CT molecular complexity index is 1590. The number of hydrogen-bond acceptors (Lipinski definition) is 4. The van der Waals surface area contributed by atoms with Crippen LogP contribution in [0.5, 0.6) is 0 Å². The second-order valence-corrected chi connectivity index (χ2v) is 10.8. The second-order valence-electron chi connectivity index (χ2n) is 10.8. The Hall–Kier alpha value is -5.22. The van der Waals surface area contributed by atoms with E-state index >= 15 is 0 Å². The average Bonchev–Trinajstić information content (AvgIpc) is 3.25. The fourth-order valence-corrected chi connectivity index (χ4v) is 5.98.